The Balaban J connectivity index is 2.17. The summed E-state index contributed by atoms with van der Waals surface area (Å²) in [5.74, 6) is 0.146. The fourth-order valence-corrected chi connectivity index (χ4v) is 3.13. The van der Waals surface area contributed by atoms with Gasteiger partial charge >= 0.3 is 0 Å². The van der Waals surface area contributed by atoms with Crippen molar-refractivity contribution in [3.8, 4) is 0 Å². The van der Waals surface area contributed by atoms with Crippen molar-refractivity contribution in [2.24, 2.45) is 0 Å². The van der Waals surface area contributed by atoms with Gasteiger partial charge in [0.05, 0.1) is 6.04 Å². The second-order valence-corrected chi connectivity index (χ2v) is 5.42. The Bertz CT molecular complexity index is 647. The van der Waals surface area contributed by atoms with Gasteiger partial charge in [0.1, 0.15) is 0 Å². The summed E-state index contributed by atoms with van der Waals surface area (Å²) >= 11 is 0. The number of hydrogen-bond acceptors (Lipinski definition) is 1. The van der Waals surface area contributed by atoms with E-state index in [0.717, 1.165) is 13.0 Å². The molecule has 1 atom stereocenters. The minimum absolute atomic E-state index is 0.0543. The third-order valence-electron chi connectivity index (χ3n) is 4.17. The molecule has 0 saturated heterocycles. The first kappa shape index (κ1) is 12.9. The molecule has 3 rings (SSSR count). The molecule has 2 heteroatoms. The zero-order valence-corrected chi connectivity index (χ0v) is 12.0. The summed E-state index contributed by atoms with van der Waals surface area (Å²) in [5.41, 5.74) is 5.09. The van der Waals surface area contributed by atoms with Gasteiger partial charge in [-0.05, 0) is 35.6 Å². The van der Waals surface area contributed by atoms with Crippen LogP contribution in [0.4, 0.5) is 0 Å². The van der Waals surface area contributed by atoms with Gasteiger partial charge in [-0.15, -0.1) is 0 Å². The number of nitrogens with zero attached hydrogens (tertiary/aromatic N) is 1. The molecule has 0 aromatic heterocycles. The molecule has 1 aliphatic rings. The van der Waals surface area contributed by atoms with Crippen molar-refractivity contribution in [1.29, 1.82) is 0 Å². The highest BCUT2D eigenvalue weighted by Crippen LogP contribution is 2.36. The molecule has 2 aromatic carbocycles. The van der Waals surface area contributed by atoms with E-state index >= 15 is 0 Å². The molecule has 2 nitrogen and oxygen atoms in total. The second kappa shape index (κ2) is 5.12. The number of hydrogen-bond donors (Lipinski definition) is 0. The van der Waals surface area contributed by atoms with Crippen LogP contribution in [0.3, 0.4) is 0 Å². The van der Waals surface area contributed by atoms with Crippen molar-refractivity contribution in [3.05, 3.63) is 70.8 Å². The topological polar surface area (TPSA) is 20.3 Å². The molecule has 0 bridgehead atoms. The zero-order chi connectivity index (χ0) is 14.1. The van der Waals surface area contributed by atoms with Crippen LogP contribution in [-0.4, -0.2) is 17.4 Å². The van der Waals surface area contributed by atoms with Crippen molar-refractivity contribution in [2.75, 3.05) is 6.54 Å². The van der Waals surface area contributed by atoms with Gasteiger partial charge in [-0.25, -0.2) is 0 Å². The summed E-state index contributed by atoms with van der Waals surface area (Å²) in [6.45, 7) is 4.58. The van der Waals surface area contributed by atoms with Crippen molar-refractivity contribution in [1.82, 2.24) is 4.90 Å². The largest absolute Gasteiger partial charge is 0.331 e. The maximum atomic E-state index is 12.0. The van der Waals surface area contributed by atoms with Crippen LogP contribution in [0.1, 0.15) is 35.2 Å². The van der Waals surface area contributed by atoms with E-state index in [1.54, 1.807) is 6.92 Å². The molecule has 0 radical (unpaired) electrons. The Morgan fingerprint density at radius 1 is 1.05 bits per heavy atom. The molecule has 0 spiro atoms. The summed E-state index contributed by atoms with van der Waals surface area (Å²) < 4.78 is 0. The highest BCUT2D eigenvalue weighted by Gasteiger charge is 2.30. The normalized spacial score (nSPS) is 17.7. The SMILES string of the molecule is CC(=O)N1CCc2ccccc2C1c1ccccc1C. The van der Waals surface area contributed by atoms with Crippen LogP contribution >= 0.6 is 0 Å². The average Bonchev–Trinajstić information content (AvgIpc) is 2.46. The summed E-state index contributed by atoms with van der Waals surface area (Å²) in [5, 5.41) is 0. The highest BCUT2D eigenvalue weighted by atomic mass is 16.2. The first-order valence-electron chi connectivity index (χ1n) is 7.09. The minimum atomic E-state index is 0.0543. The van der Waals surface area contributed by atoms with Gasteiger partial charge in [0.15, 0.2) is 0 Å². The summed E-state index contributed by atoms with van der Waals surface area (Å²) in [6, 6.07) is 16.9. The first-order valence-corrected chi connectivity index (χ1v) is 7.09. The molecule has 1 amide bonds. The molecule has 0 fully saturated rings. The minimum Gasteiger partial charge on any atom is -0.331 e. The molecule has 0 N–H and O–H groups in total. The summed E-state index contributed by atoms with van der Waals surface area (Å²) in [7, 11) is 0. The van der Waals surface area contributed by atoms with E-state index in [1.165, 1.54) is 22.3 Å². The predicted octanol–water partition coefficient (Wildman–Crippen LogP) is 3.49. The Morgan fingerprint density at radius 3 is 2.40 bits per heavy atom. The van der Waals surface area contributed by atoms with Gasteiger partial charge in [-0.1, -0.05) is 48.5 Å². The smallest absolute Gasteiger partial charge is 0.220 e. The second-order valence-electron chi connectivity index (χ2n) is 5.42. The number of carbonyl (C=O) groups excluding carboxylic acids is 1. The maximum Gasteiger partial charge on any atom is 0.220 e. The van der Waals surface area contributed by atoms with Crippen molar-refractivity contribution < 1.29 is 4.79 Å². The molecule has 1 aliphatic heterocycles. The third-order valence-corrected chi connectivity index (χ3v) is 4.17. The number of rotatable bonds is 1. The maximum absolute atomic E-state index is 12.0. The van der Waals surface area contributed by atoms with Crippen LogP contribution in [0.25, 0.3) is 0 Å². The highest BCUT2D eigenvalue weighted by molar-refractivity contribution is 5.75. The van der Waals surface area contributed by atoms with Gasteiger partial charge in [0.2, 0.25) is 5.91 Å². The Kier molecular flexibility index (Phi) is 3.31. The lowest BCUT2D eigenvalue weighted by molar-refractivity contribution is -0.130. The van der Waals surface area contributed by atoms with Crippen LogP contribution in [0.5, 0.6) is 0 Å². The van der Waals surface area contributed by atoms with Crippen molar-refractivity contribution in [2.45, 2.75) is 26.3 Å². The number of aryl methyl sites for hydroxylation is 1. The lowest BCUT2D eigenvalue weighted by Crippen LogP contribution is -2.39. The van der Waals surface area contributed by atoms with Gasteiger partial charge in [-0.2, -0.15) is 0 Å². The quantitative estimate of drug-likeness (QED) is 0.773. The van der Waals surface area contributed by atoms with Crippen molar-refractivity contribution >= 4 is 5.91 Å². The molecule has 0 aliphatic carbocycles. The molecule has 1 heterocycles. The fourth-order valence-electron chi connectivity index (χ4n) is 3.13. The van der Waals surface area contributed by atoms with E-state index in [2.05, 4.69) is 49.4 Å². The summed E-state index contributed by atoms with van der Waals surface area (Å²) in [6.07, 6.45) is 0.943. The third kappa shape index (κ3) is 2.11. The molecule has 20 heavy (non-hydrogen) atoms. The number of carbonyl (C=O) groups is 1. The van der Waals surface area contributed by atoms with E-state index in [1.807, 2.05) is 11.0 Å². The van der Waals surface area contributed by atoms with Crippen LogP contribution in [0.2, 0.25) is 0 Å². The van der Waals surface area contributed by atoms with Crippen LogP contribution < -0.4 is 0 Å². The molecule has 1 unspecified atom stereocenters. The average molecular weight is 265 g/mol. The van der Waals surface area contributed by atoms with E-state index in [4.69, 9.17) is 0 Å². The Labute approximate surface area is 120 Å². The van der Waals surface area contributed by atoms with Gasteiger partial charge in [0, 0.05) is 13.5 Å². The van der Waals surface area contributed by atoms with E-state index in [9.17, 15) is 4.79 Å². The first-order chi connectivity index (χ1) is 9.68. The van der Waals surface area contributed by atoms with E-state index in [0.29, 0.717) is 0 Å². The standard InChI is InChI=1S/C18H19NO/c1-13-7-3-5-9-16(13)18-17-10-6-4-8-15(17)11-12-19(18)14(2)20/h3-10,18H,11-12H2,1-2H3. The van der Waals surface area contributed by atoms with Gasteiger partial charge in [-0.3, -0.25) is 4.79 Å². The lowest BCUT2D eigenvalue weighted by atomic mass is 9.86. The van der Waals surface area contributed by atoms with Crippen LogP contribution in [0.15, 0.2) is 48.5 Å². The number of fused-ring (bicyclic) bond motifs is 1. The molecule has 102 valence electrons. The Morgan fingerprint density at radius 2 is 1.70 bits per heavy atom. The van der Waals surface area contributed by atoms with Gasteiger partial charge in [0.25, 0.3) is 0 Å². The summed E-state index contributed by atoms with van der Waals surface area (Å²) in [4.78, 5) is 14.0. The number of benzene rings is 2. The predicted molar refractivity (Wildman–Crippen MR) is 80.6 cm³/mol. The lowest BCUT2D eigenvalue weighted by Gasteiger charge is -2.37. The molecular formula is C18H19NO. The van der Waals surface area contributed by atoms with Crippen molar-refractivity contribution in [3.63, 3.8) is 0 Å². The molecule has 2 aromatic rings. The van der Waals surface area contributed by atoms with E-state index in [-0.39, 0.29) is 11.9 Å². The van der Waals surface area contributed by atoms with Crippen LogP contribution in [-0.2, 0) is 11.2 Å². The van der Waals surface area contributed by atoms with E-state index < -0.39 is 0 Å². The monoisotopic (exact) mass is 265 g/mol. The fraction of sp³-hybridized carbons (Fsp3) is 0.278. The molecule has 0 saturated carbocycles. The molecular weight excluding hydrogens is 246 g/mol. The van der Waals surface area contributed by atoms with Gasteiger partial charge < -0.3 is 4.90 Å². The number of amides is 1. The Hall–Kier alpha value is -2.09. The zero-order valence-electron chi connectivity index (χ0n) is 12.0. The van der Waals surface area contributed by atoms with Crippen LogP contribution in [0, 0.1) is 6.92 Å².